The number of nitrogens with zero attached hydrogens (tertiary/aromatic N) is 1. The molecule has 0 aromatic heterocycles. The summed E-state index contributed by atoms with van der Waals surface area (Å²) in [5, 5.41) is 0. The van der Waals surface area contributed by atoms with Gasteiger partial charge >= 0.3 is 0 Å². The van der Waals surface area contributed by atoms with E-state index in [0.29, 0.717) is 11.6 Å². The van der Waals surface area contributed by atoms with E-state index in [2.05, 4.69) is 6.92 Å². The van der Waals surface area contributed by atoms with Gasteiger partial charge in [-0.05, 0) is 37.0 Å². The number of benzene rings is 1. The molecule has 1 aliphatic rings. The number of hydrogen-bond donors (Lipinski definition) is 1. The summed E-state index contributed by atoms with van der Waals surface area (Å²) in [5.74, 6) is -0.205. The Morgan fingerprint density at radius 2 is 2.33 bits per heavy atom. The lowest BCUT2D eigenvalue weighted by molar-refractivity contribution is 0.0666. The summed E-state index contributed by atoms with van der Waals surface area (Å²) < 4.78 is 13.7. The molecule has 1 atom stereocenters. The van der Waals surface area contributed by atoms with Crippen molar-refractivity contribution in [1.82, 2.24) is 4.90 Å². The molecule has 1 aromatic rings. The summed E-state index contributed by atoms with van der Waals surface area (Å²) in [4.78, 5) is 14.0. The molecule has 0 saturated carbocycles. The fourth-order valence-corrected chi connectivity index (χ4v) is 2.46. The molecule has 0 aliphatic carbocycles. The number of halogens is 1. The average Bonchev–Trinajstić information content (AvgIpc) is 2.38. The third-order valence-corrected chi connectivity index (χ3v) is 3.61. The Morgan fingerprint density at radius 1 is 1.56 bits per heavy atom. The van der Waals surface area contributed by atoms with Gasteiger partial charge in [0, 0.05) is 18.8 Å². The molecule has 0 spiro atoms. The number of amides is 1. The molecular weight excluding hydrogens is 231 g/mol. The Hall–Kier alpha value is -1.58. The number of hydrogen-bond acceptors (Lipinski definition) is 2. The molecule has 2 rings (SSSR count). The number of nitrogen functional groups attached to an aromatic ring is 1. The van der Waals surface area contributed by atoms with Crippen LogP contribution in [0.5, 0.6) is 0 Å². The first-order valence-corrected chi connectivity index (χ1v) is 6.46. The second-order valence-corrected chi connectivity index (χ2v) is 4.91. The molecule has 1 unspecified atom stereocenters. The smallest absolute Gasteiger partial charge is 0.256 e. The molecule has 0 bridgehead atoms. The largest absolute Gasteiger partial charge is 0.399 e. The minimum atomic E-state index is -0.529. The highest BCUT2D eigenvalue weighted by Crippen LogP contribution is 2.22. The Balaban J connectivity index is 2.15. The monoisotopic (exact) mass is 250 g/mol. The van der Waals surface area contributed by atoms with Gasteiger partial charge in [0.1, 0.15) is 5.82 Å². The van der Waals surface area contributed by atoms with E-state index in [1.54, 1.807) is 11.0 Å². The molecule has 2 N–H and O–H groups in total. The van der Waals surface area contributed by atoms with Gasteiger partial charge in [-0.3, -0.25) is 4.79 Å². The highest BCUT2D eigenvalue weighted by molar-refractivity contribution is 5.94. The summed E-state index contributed by atoms with van der Waals surface area (Å²) in [7, 11) is 0. The lowest BCUT2D eigenvalue weighted by Gasteiger charge is -2.32. The van der Waals surface area contributed by atoms with E-state index in [9.17, 15) is 9.18 Å². The van der Waals surface area contributed by atoms with Crippen LogP contribution in [0.1, 0.15) is 36.5 Å². The summed E-state index contributed by atoms with van der Waals surface area (Å²) >= 11 is 0. The van der Waals surface area contributed by atoms with Gasteiger partial charge in [0.15, 0.2) is 0 Å². The van der Waals surface area contributed by atoms with Crippen LogP contribution in [-0.2, 0) is 0 Å². The Morgan fingerprint density at radius 3 is 3.00 bits per heavy atom. The summed E-state index contributed by atoms with van der Waals surface area (Å²) in [6.07, 6.45) is 3.22. The van der Waals surface area contributed by atoms with Gasteiger partial charge in [-0.1, -0.05) is 13.3 Å². The lowest BCUT2D eigenvalue weighted by Crippen LogP contribution is -2.40. The topological polar surface area (TPSA) is 46.3 Å². The molecule has 0 radical (unpaired) electrons. The van der Waals surface area contributed by atoms with E-state index in [1.165, 1.54) is 12.1 Å². The van der Waals surface area contributed by atoms with Crippen LogP contribution in [0, 0.1) is 11.7 Å². The van der Waals surface area contributed by atoms with Gasteiger partial charge in [-0.2, -0.15) is 0 Å². The minimum absolute atomic E-state index is 0.126. The zero-order valence-corrected chi connectivity index (χ0v) is 10.7. The summed E-state index contributed by atoms with van der Waals surface area (Å²) in [5.41, 5.74) is 5.95. The summed E-state index contributed by atoms with van der Waals surface area (Å²) in [6.45, 7) is 3.58. The van der Waals surface area contributed by atoms with Crippen LogP contribution in [0.2, 0.25) is 0 Å². The van der Waals surface area contributed by atoms with Crippen LogP contribution in [0.25, 0.3) is 0 Å². The zero-order valence-electron chi connectivity index (χ0n) is 10.7. The van der Waals surface area contributed by atoms with Crippen molar-refractivity contribution < 1.29 is 9.18 Å². The second kappa shape index (κ2) is 5.38. The van der Waals surface area contributed by atoms with Gasteiger partial charge in [-0.25, -0.2) is 4.39 Å². The third-order valence-electron chi connectivity index (χ3n) is 3.61. The molecule has 1 fully saturated rings. The minimum Gasteiger partial charge on any atom is -0.399 e. The maximum atomic E-state index is 13.7. The van der Waals surface area contributed by atoms with Gasteiger partial charge in [0.2, 0.25) is 0 Å². The van der Waals surface area contributed by atoms with Crippen molar-refractivity contribution in [2.75, 3.05) is 18.8 Å². The highest BCUT2D eigenvalue weighted by atomic mass is 19.1. The fourth-order valence-electron chi connectivity index (χ4n) is 2.46. The van der Waals surface area contributed by atoms with E-state index in [-0.39, 0.29) is 11.5 Å². The van der Waals surface area contributed by atoms with Gasteiger partial charge < -0.3 is 10.6 Å². The van der Waals surface area contributed by atoms with Crippen molar-refractivity contribution in [1.29, 1.82) is 0 Å². The van der Waals surface area contributed by atoms with E-state index < -0.39 is 5.82 Å². The van der Waals surface area contributed by atoms with Crippen molar-refractivity contribution in [3.05, 3.63) is 29.6 Å². The van der Waals surface area contributed by atoms with Gasteiger partial charge in [-0.15, -0.1) is 0 Å². The summed E-state index contributed by atoms with van der Waals surface area (Å²) in [6, 6.07) is 4.24. The van der Waals surface area contributed by atoms with Crippen molar-refractivity contribution in [3.8, 4) is 0 Å². The first-order valence-electron chi connectivity index (χ1n) is 6.46. The Bertz CT molecular complexity index is 447. The lowest BCUT2D eigenvalue weighted by atomic mass is 9.95. The molecule has 1 aromatic carbocycles. The maximum Gasteiger partial charge on any atom is 0.256 e. The number of carbonyl (C=O) groups excluding carboxylic acids is 1. The average molecular weight is 250 g/mol. The van der Waals surface area contributed by atoms with Gasteiger partial charge in [0.25, 0.3) is 5.91 Å². The number of likely N-dealkylation sites (tertiary alicyclic amines) is 1. The van der Waals surface area contributed by atoms with Crippen molar-refractivity contribution in [2.45, 2.75) is 26.2 Å². The predicted octanol–water partition coefficient (Wildman–Crippen LogP) is 2.67. The van der Waals surface area contributed by atoms with Crippen LogP contribution >= 0.6 is 0 Å². The van der Waals surface area contributed by atoms with Crippen LogP contribution in [0.15, 0.2) is 18.2 Å². The zero-order chi connectivity index (χ0) is 13.1. The fraction of sp³-hybridized carbons (Fsp3) is 0.500. The van der Waals surface area contributed by atoms with Crippen LogP contribution in [-0.4, -0.2) is 23.9 Å². The number of anilines is 1. The molecule has 4 heteroatoms. The highest BCUT2D eigenvalue weighted by Gasteiger charge is 2.25. The Kier molecular flexibility index (Phi) is 3.84. The van der Waals surface area contributed by atoms with E-state index in [0.717, 1.165) is 32.4 Å². The molecule has 1 heterocycles. The number of piperidine rings is 1. The van der Waals surface area contributed by atoms with Crippen LogP contribution < -0.4 is 5.73 Å². The van der Waals surface area contributed by atoms with Gasteiger partial charge in [0.05, 0.1) is 5.56 Å². The molecule has 98 valence electrons. The molecule has 3 nitrogen and oxygen atoms in total. The van der Waals surface area contributed by atoms with E-state index >= 15 is 0 Å². The van der Waals surface area contributed by atoms with Crippen molar-refractivity contribution in [3.63, 3.8) is 0 Å². The maximum absolute atomic E-state index is 13.7. The first kappa shape index (κ1) is 12.9. The Labute approximate surface area is 107 Å². The molecule has 1 saturated heterocycles. The van der Waals surface area contributed by atoms with Crippen molar-refractivity contribution in [2.24, 2.45) is 5.92 Å². The van der Waals surface area contributed by atoms with Crippen LogP contribution in [0.3, 0.4) is 0 Å². The van der Waals surface area contributed by atoms with E-state index in [1.807, 2.05) is 0 Å². The third kappa shape index (κ3) is 2.63. The normalized spacial score (nSPS) is 19.9. The molecular formula is C14H19FN2O. The number of carbonyl (C=O) groups is 1. The number of nitrogens with two attached hydrogens (primary N) is 1. The molecule has 18 heavy (non-hydrogen) atoms. The molecule has 1 amide bonds. The number of rotatable bonds is 2. The van der Waals surface area contributed by atoms with E-state index in [4.69, 9.17) is 5.73 Å². The second-order valence-electron chi connectivity index (χ2n) is 4.91. The predicted molar refractivity (Wildman–Crippen MR) is 69.7 cm³/mol. The quantitative estimate of drug-likeness (QED) is 0.820. The van der Waals surface area contributed by atoms with Crippen LogP contribution in [0.4, 0.5) is 10.1 Å². The SMILES string of the molecule is CCC1CCCN(C(=O)c2ccc(N)cc2F)C1. The standard InChI is InChI=1S/C14H19FN2O/c1-2-10-4-3-7-17(9-10)14(18)12-6-5-11(16)8-13(12)15/h5-6,8,10H,2-4,7,9,16H2,1H3. The van der Waals surface area contributed by atoms with Crippen molar-refractivity contribution >= 4 is 11.6 Å². The molecule has 1 aliphatic heterocycles. The first-order chi connectivity index (χ1) is 8.61.